The molecule has 1 rings (SSSR count). The minimum Gasteiger partial charge on any atom is -0.386 e. The molecule has 0 aromatic rings. The molecule has 1 aliphatic rings. The van der Waals surface area contributed by atoms with Gasteiger partial charge in [0.05, 0.1) is 0 Å². The molecule has 1 heterocycles. The van der Waals surface area contributed by atoms with Crippen LogP contribution in [0.3, 0.4) is 0 Å². The first-order chi connectivity index (χ1) is 5.83. The Morgan fingerprint density at radius 3 is 3.17 bits per heavy atom. The molecule has 0 bridgehead atoms. The summed E-state index contributed by atoms with van der Waals surface area (Å²) >= 11 is 1.82. The lowest BCUT2D eigenvalue weighted by Gasteiger charge is -2.11. The van der Waals surface area contributed by atoms with Gasteiger partial charge in [0.15, 0.2) is 0 Å². The molecule has 1 saturated heterocycles. The van der Waals surface area contributed by atoms with E-state index in [2.05, 4.69) is 10.5 Å². The van der Waals surface area contributed by atoms with Crippen LogP contribution >= 0.6 is 11.8 Å². The van der Waals surface area contributed by atoms with Gasteiger partial charge in [-0.15, -0.1) is 0 Å². The predicted molar refractivity (Wildman–Crippen MR) is 49.2 cm³/mol. The summed E-state index contributed by atoms with van der Waals surface area (Å²) < 4.78 is 0. The third-order valence-electron chi connectivity index (χ3n) is 1.51. The number of carbonyl (C=O) groups excluding carboxylic acids is 1. The zero-order valence-corrected chi connectivity index (χ0v) is 7.56. The van der Waals surface area contributed by atoms with Crippen molar-refractivity contribution in [2.45, 2.75) is 12.8 Å². The van der Waals surface area contributed by atoms with Crippen LogP contribution in [0.15, 0.2) is 5.10 Å². The first-order valence-electron chi connectivity index (χ1n) is 3.86. The van der Waals surface area contributed by atoms with Crippen LogP contribution in [-0.4, -0.2) is 34.8 Å². The molecule has 0 spiro atoms. The van der Waals surface area contributed by atoms with Crippen LogP contribution in [0.5, 0.6) is 0 Å². The van der Waals surface area contributed by atoms with Crippen LogP contribution in [0.1, 0.15) is 12.8 Å². The summed E-state index contributed by atoms with van der Waals surface area (Å²) in [5, 5.41) is 12.3. The summed E-state index contributed by atoms with van der Waals surface area (Å²) in [7, 11) is 0. The largest absolute Gasteiger partial charge is 0.386 e. The van der Waals surface area contributed by atoms with Crippen molar-refractivity contribution in [1.82, 2.24) is 5.43 Å². The van der Waals surface area contributed by atoms with E-state index in [4.69, 9.17) is 5.11 Å². The summed E-state index contributed by atoms with van der Waals surface area (Å²) in [4.78, 5) is 10.6. The van der Waals surface area contributed by atoms with E-state index in [-0.39, 0.29) is 0 Å². The number of hydrogen-bond acceptors (Lipinski definition) is 4. The van der Waals surface area contributed by atoms with E-state index >= 15 is 0 Å². The Morgan fingerprint density at radius 2 is 2.58 bits per heavy atom. The third kappa shape index (κ3) is 3.23. The maximum atomic E-state index is 10.6. The van der Waals surface area contributed by atoms with Crippen LogP contribution in [-0.2, 0) is 4.79 Å². The highest BCUT2D eigenvalue weighted by Gasteiger charge is 2.07. The molecule has 0 unspecified atom stereocenters. The monoisotopic (exact) mass is 188 g/mol. The van der Waals surface area contributed by atoms with Crippen molar-refractivity contribution < 1.29 is 9.90 Å². The number of hydrogen-bond donors (Lipinski definition) is 2. The second kappa shape index (κ2) is 5.16. The molecule has 5 heteroatoms. The van der Waals surface area contributed by atoms with Crippen molar-refractivity contribution in [2.24, 2.45) is 5.10 Å². The van der Waals surface area contributed by atoms with E-state index < -0.39 is 12.5 Å². The summed E-state index contributed by atoms with van der Waals surface area (Å²) in [6, 6.07) is 0. The second-order valence-electron chi connectivity index (χ2n) is 2.53. The van der Waals surface area contributed by atoms with E-state index in [0.29, 0.717) is 0 Å². The highest BCUT2D eigenvalue weighted by atomic mass is 32.2. The Balaban J connectivity index is 2.29. The number of rotatable bonds is 2. The molecule has 0 atom stereocenters. The fourth-order valence-corrected chi connectivity index (χ4v) is 1.84. The van der Waals surface area contributed by atoms with Gasteiger partial charge in [0, 0.05) is 11.5 Å². The number of thioether (sulfide) groups is 1. The zero-order chi connectivity index (χ0) is 8.81. The van der Waals surface area contributed by atoms with Crippen LogP contribution in [0.2, 0.25) is 0 Å². The molecule has 1 fully saturated rings. The molecule has 1 aliphatic heterocycles. The molecule has 1 amide bonds. The third-order valence-corrected chi connectivity index (χ3v) is 2.62. The predicted octanol–water partition coefficient (Wildman–Crippen LogP) is -0.0221. The van der Waals surface area contributed by atoms with Crippen LogP contribution < -0.4 is 5.43 Å². The van der Waals surface area contributed by atoms with Crippen molar-refractivity contribution in [1.29, 1.82) is 0 Å². The summed E-state index contributed by atoms with van der Waals surface area (Å²) in [5.74, 6) is 1.62. The van der Waals surface area contributed by atoms with Crippen molar-refractivity contribution >= 4 is 23.4 Å². The summed E-state index contributed by atoms with van der Waals surface area (Å²) in [6.07, 6.45) is 2.08. The zero-order valence-electron chi connectivity index (χ0n) is 6.75. The fraction of sp³-hybridized carbons (Fsp3) is 0.714. The normalized spacial score (nSPS) is 20.9. The SMILES string of the molecule is O=C(CO)N/N=C1/CCCSC1. The lowest BCUT2D eigenvalue weighted by molar-refractivity contribution is -0.123. The second-order valence-corrected chi connectivity index (χ2v) is 3.63. The van der Waals surface area contributed by atoms with Gasteiger partial charge in [-0.05, 0) is 18.6 Å². The topological polar surface area (TPSA) is 61.7 Å². The van der Waals surface area contributed by atoms with E-state index in [1.54, 1.807) is 0 Å². The molecule has 0 aliphatic carbocycles. The maximum Gasteiger partial charge on any atom is 0.265 e. The fourth-order valence-electron chi connectivity index (χ4n) is 0.905. The van der Waals surface area contributed by atoms with Gasteiger partial charge >= 0.3 is 0 Å². The molecule has 4 nitrogen and oxygen atoms in total. The molecule has 0 aromatic carbocycles. The van der Waals surface area contributed by atoms with Crippen LogP contribution in [0.25, 0.3) is 0 Å². The number of aliphatic hydroxyl groups excluding tert-OH is 1. The van der Waals surface area contributed by atoms with E-state index in [1.165, 1.54) is 5.75 Å². The molecule has 12 heavy (non-hydrogen) atoms. The number of carbonyl (C=O) groups is 1. The molecule has 0 aromatic heterocycles. The highest BCUT2D eigenvalue weighted by Crippen LogP contribution is 2.13. The molecular weight excluding hydrogens is 176 g/mol. The van der Waals surface area contributed by atoms with Crippen molar-refractivity contribution in [3.63, 3.8) is 0 Å². The van der Waals surface area contributed by atoms with E-state index in [0.717, 1.165) is 24.3 Å². The van der Waals surface area contributed by atoms with Gasteiger partial charge in [0.1, 0.15) is 6.61 Å². The minimum atomic E-state index is -0.496. The standard InChI is InChI=1S/C7H12N2O2S/c10-4-7(11)9-8-6-2-1-3-12-5-6/h10H,1-5H2,(H,9,11)/b8-6-. The Labute approximate surface area is 75.4 Å². The molecule has 0 saturated carbocycles. The number of hydrazone groups is 1. The van der Waals surface area contributed by atoms with Gasteiger partial charge in [-0.2, -0.15) is 16.9 Å². The van der Waals surface area contributed by atoms with Gasteiger partial charge < -0.3 is 5.11 Å². The number of aliphatic hydroxyl groups is 1. The van der Waals surface area contributed by atoms with Gasteiger partial charge in [0.25, 0.3) is 5.91 Å². The smallest absolute Gasteiger partial charge is 0.265 e. The Hall–Kier alpha value is -0.550. The number of nitrogens with zero attached hydrogens (tertiary/aromatic N) is 1. The lowest BCUT2D eigenvalue weighted by atomic mass is 10.2. The first kappa shape index (κ1) is 9.54. The van der Waals surface area contributed by atoms with Crippen LogP contribution in [0, 0.1) is 0 Å². The van der Waals surface area contributed by atoms with Gasteiger partial charge in [0.2, 0.25) is 0 Å². The first-order valence-corrected chi connectivity index (χ1v) is 5.01. The minimum absolute atomic E-state index is 0.446. The van der Waals surface area contributed by atoms with Crippen LogP contribution in [0.4, 0.5) is 0 Å². The highest BCUT2D eigenvalue weighted by molar-refractivity contribution is 8.00. The maximum absolute atomic E-state index is 10.6. The molecule has 68 valence electrons. The Kier molecular flexibility index (Phi) is 4.10. The summed E-state index contributed by atoms with van der Waals surface area (Å²) in [5.41, 5.74) is 3.30. The molecular formula is C7H12N2O2S. The molecule has 2 N–H and O–H groups in total. The Morgan fingerprint density at radius 1 is 1.75 bits per heavy atom. The number of amides is 1. The van der Waals surface area contributed by atoms with Crippen molar-refractivity contribution in [3.05, 3.63) is 0 Å². The van der Waals surface area contributed by atoms with Crippen molar-refractivity contribution in [3.8, 4) is 0 Å². The van der Waals surface area contributed by atoms with Gasteiger partial charge in [-0.1, -0.05) is 0 Å². The van der Waals surface area contributed by atoms with Crippen molar-refractivity contribution in [2.75, 3.05) is 18.1 Å². The van der Waals surface area contributed by atoms with Gasteiger partial charge in [-0.3, -0.25) is 4.79 Å². The average Bonchev–Trinajstić information content (AvgIpc) is 2.16. The van der Waals surface area contributed by atoms with E-state index in [1.807, 2.05) is 11.8 Å². The number of nitrogens with one attached hydrogen (secondary N) is 1. The lowest BCUT2D eigenvalue weighted by Crippen LogP contribution is -2.24. The summed E-state index contributed by atoms with van der Waals surface area (Å²) in [6.45, 7) is -0.496. The Bertz CT molecular complexity index is 186. The molecule has 0 radical (unpaired) electrons. The van der Waals surface area contributed by atoms with E-state index in [9.17, 15) is 4.79 Å². The van der Waals surface area contributed by atoms with Gasteiger partial charge in [-0.25, -0.2) is 5.43 Å². The quantitative estimate of drug-likeness (QED) is 0.599. The average molecular weight is 188 g/mol.